The van der Waals surface area contributed by atoms with Gasteiger partial charge in [-0.25, -0.2) is 0 Å². The summed E-state index contributed by atoms with van der Waals surface area (Å²) >= 11 is 0. The van der Waals surface area contributed by atoms with Crippen LogP contribution in [0, 0.1) is 27.4 Å². The van der Waals surface area contributed by atoms with E-state index in [1.54, 1.807) is 13.8 Å². The molecule has 1 unspecified atom stereocenters. The number of halogens is 1. The number of hydrogen-bond acceptors (Lipinski definition) is 5. The van der Waals surface area contributed by atoms with Crippen molar-refractivity contribution in [3.63, 3.8) is 0 Å². The molecule has 1 aromatic heterocycles. The highest BCUT2D eigenvalue weighted by Crippen LogP contribution is 2.26. The van der Waals surface area contributed by atoms with Gasteiger partial charge in [0.1, 0.15) is 11.7 Å². The number of nitro groups is 1. The highest BCUT2D eigenvalue weighted by molar-refractivity contribution is 5.25. The van der Waals surface area contributed by atoms with Crippen LogP contribution in [0.2, 0.25) is 0 Å². The van der Waals surface area contributed by atoms with Crippen LogP contribution in [0.4, 0.5) is 10.2 Å². The van der Waals surface area contributed by atoms with Crippen molar-refractivity contribution >= 4 is 5.82 Å². The minimum atomic E-state index is -0.909. The van der Waals surface area contributed by atoms with E-state index in [4.69, 9.17) is 0 Å². The Balaban J connectivity index is 2.96. The van der Waals surface area contributed by atoms with Gasteiger partial charge in [-0.1, -0.05) is 19.0 Å². The van der Waals surface area contributed by atoms with Crippen LogP contribution in [0.25, 0.3) is 0 Å². The zero-order chi connectivity index (χ0) is 13.9. The Hall–Kier alpha value is -1.86. The first-order valence-corrected chi connectivity index (χ1v) is 5.38. The predicted octanol–water partition coefficient (Wildman–Crippen LogP) is 2.23. The van der Waals surface area contributed by atoms with Crippen molar-refractivity contribution in [2.45, 2.75) is 33.4 Å². The lowest BCUT2D eigenvalue weighted by Gasteiger charge is -2.26. The molecule has 1 aromatic rings. The third-order valence-corrected chi connectivity index (χ3v) is 2.99. The molecule has 0 aliphatic heterocycles. The van der Waals surface area contributed by atoms with Crippen LogP contribution in [-0.4, -0.2) is 27.2 Å². The summed E-state index contributed by atoms with van der Waals surface area (Å²) in [6, 6.07) is -0.810. The van der Waals surface area contributed by atoms with Crippen molar-refractivity contribution in [2.75, 3.05) is 6.67 Å². The van der Waals surface area contributed by atoms with Gasteiger partial charge < -0.3 is 14.7 Å². The molecule has 0 radical (unpaired) electrons. The zero-order valence-electron chi connectivity index (χ0n) is 10.5. The van der Waals surface area contributed by atoms with Gasteiger partial charge in [0.25, 0.3) is 0 Å². The molecule has 0 aliphatic rings. The maximum Gasteiger partial charge on any atom is 0.384 e. The van der Waals surface area contributed by atoms with Crippen molar-refractivity contribution in [3.8, 4) is 0 Å². The summed E-state index contributed by atoms with van der Waals surface area (Å²) in [5.41, 5.74) is -0.587. The molecular weight excluding hydrogens is 243 g/mol. The minimum Gasteiger partial charge on any atom is -0.358 e. The molecule has 1 heterocycles. The highest BCUT2D eigenvalue weighted by Gasteiger charge is 2.32. The van der Waals surface area contributed by atoms with E-state index in [-0.39, 0.29) is 12.4 Å². The number of nitroso groups, excluding NO2 is 1. The normalized spacial score (nSPS) is 13.3. The Morgan fingerprint density at radius 3 is 2.67 bits per heavy atom. The first-order valence-electron chi connectivity index (χ1n) is 5.38. The second-order valence-corrected chi connectivity index (χ2v) is 4.81. The molecule has 18 heavy (non-hydrogen) atoms. The van der Waals surface area contributed by atoms with Crippen molar-refractivity contribution in [1.29, 1.82) is 0 Å². The zero-order valence-corrected chi connectivity index (χ0v) is 10.5. The summed E-state index contributed by atoms with van der Waals surface area (Å²) in [6.07, 6.45) is 1.26. The highest BCUT2D eigenvalue weighted by atomic mass is 19.1. The maximum absolute atomic E-state index is 12.8. The number of alkyl halides is 1. The molecule has 0 amide bonds. The summed E-state index contributed by atoms with van der Waals surface area (Å²) < 4.78 is 14.3. The van der Waals surface area contributed by atoms with Crippen molar-refractivity contribution in [1.82, 2.24) is 9.55 Å². The number of imidazole rings is 1. The number of rotatable bonds is 6. The second kappa shape index (κ2) is 5.19. The van der Waals surface area contributed by atoms with Gasteiger partial charge in [0.15, 0.2) is 0 Å². The first kappa shape index (κ1) is 14.2. The van der Waals surface area contributed by atoms with E-state index in [0.29, 0.717) is 5.69 Å². The minimum absolute atomic E-state index is 0.0765. The van der Waals surface area contributed by atoms with E-state index in [0.717, 1.165) is 0 Å². The fourth-order valence-electron chi connectivity index (χ4n) is 1.49. The van der Waals surface area contributed by atoms with Gasteiger partial charge in [-0.15, -0.1) is 0 Å². The van der Waals surface area contributed by atoms with Gasteiger partial charge in [0.2, 0.25) is 6.33 Å². The van der Waals surface area contributed by atoms with E-state index in [9.17, 15) is 19.4 Å². The van der Waals surface area contributed by atoms with Gasteiger partial charge in [0, 0.05) is 5.41 Å². The van der Waals surface area contributed by atoms with Crippen LogP contribution in [0.3, 0.4) is 0 Å². The molecule has 0 aromatic carbocycles. The molecule has 7 nitrogen and oxygen atoms in total. The third-order valence-electron chi connectivity index (χ3n) is 2.99. The largest absolute Gasteiger partial charge is 0.384 e. The number of nitrogens with zero attached hydrogens (tertiary/aromatic N) is 4. The van der Waals surface area contributed by atoms with Crippen LogP contribution < -0.4 is 0 Å². The van der Waals surface area contributed by atoms with Gasteiger partial charge in [-0.3, -0.25) is 4.39 Å². The van der Waals surface area contributed by atoms with Crippen LogP contribution >= 0.6 is 0 Å². The molecule has 8 heteroatoms. The standard InChI is InChI=1S/C10H15FN4O3/c1-7-9(15(17)18)12-6-14(7)4-8(13-16)10(2,3)5-11/h6,8H,4-5H2,1-3H3. The molecule has 0 spiro atoms. The average Bonchev–Trinajstić information content (AvgIpc) is 2.67. The molecule has 0 saturated carbocycles. The van der Waals surface area contributed by atoms with Crippen molar-refractivity contribution in [2.24, 2.45) is 10.6 Å². The lowest BCUT2D eigenvalue weighted by atomic mass is 9.86. The number of hydrogen-bond donors (Lipinski definition) is 0. The lowest BCUT2D eigenvalue weighted by molar-refractivity contribution is -0.389. The average molecular weight is 258 g/mol. The third kappa shape index (κ3) is 2.69. The molecule has 1 rings (SSSR count). The van der Waals surface area contributed by atoms with E-state index >= 15 is 0 Å². The van der Waals surface area contributed by atoms with Crippen LogP contribution in [0.15, 0.2) is 11.5 Å². The molecule has 100 valence electrons. The summed E-state index contributed by atoms with van der Waals surface area (Å²) in [4.78, 5) is 24.4. The van der Waals surface area contributed by atoms with Gasteiger partial charge in [0.05, 0.1) is 13.2 Å². The van der Waals surface area contributed by atoms with E-state index in [2.05, 4.69) is 10.2 Å². The first-order chi connectivity index (χ1) is 8.33. The predicted molar refractivity (Wildman–Crippen MR) is 63.0 cm³/mol. The van der Waals surface area contributed by atoms with Crippen molar-refractivity contribution in [3.05, 3.63) is 27.0 Å². The number of aromatic nitrogens is 2. The Kier molecular flexibility index (Phi) is 4.10. The Morgan fingerprint density at radius 1 is 1.67 bits per heavy atom. The van der Waals surface area contributed by atoms with E-state index in [1.165, 1.54) is 17.8 Å². The Labute approximate surface area is 103 Å². The summed E-state index contributed by atoms with van der Waals surface area (Å²) in [5, 5.41) is 13.5. The smallest absolute Gasteiger partial charge is 0.358 e. The van der Waals surface area contributed by atoms with Crippen LogP contribution in [0.1, 0.15) is 19.5 Å². The Morgan fingerprint density at radius 2 is 2.28 bits per heavy atom. The van der Waals surface area contributed by atoms with E-state index < -0.39 is 23.1 Å². The van der Waals surface area contributed by atoms with Gasteiger partial charge in [-0.05, 0) is 16.8 Å². The summed E-state index contributed by atoms with van der Waals surface area (Å²) in [6.45, 7) is 4.07. The quantitative estimate of drug-likeness (QED) is 0.444. The summed E-state index contributed by atoms with van der Waals surface area (Å²) in [7, 11) is 0. The molecule has 0 bridgehead atoms. The molecule has 0 aliphatic carbocycles. The molecule has 0 fully saturated rings. The summed E-state index contributed by atoms with van der Waals surface area (Å²) in [5.74, 6) is -0.266. The Bertz CT molecular complexity index is 458. The van der Waals surface area contributed by atoms with Crippen molar-refractivity contribution < 1.29 is 9.31 Å². The molecule has 0 N–H and O–H groups in total. The SMILES string of the molecule is Cc1c([N+](=O)[O-])ncn1CC(N=O)C(C)(C)CF. The van der Waals surface area contributed by atoms with Crippen LogP contribution in [-0.2, 0) is 6.54 Å². The molecular formula is C10H15FN4O3. The van der Waals surface area contributed by atoms with Crippen LogP contribution in [0.5, 0.6) is 0 Å². The molecule has 1 atom stereocenters. The van der Waals surface area contributed by atoms with E-state index in [1.807, 2.05) is 0 Å². The lowest BCUT2D eigenvalue weighted by Crippen LogP contribution is -2.33. The second-order valence-electron chi connectivity index (χ2n) is 4.81. The monoisotopic (exact) mass is 258 g/mol. The van der Waals surface area contributed by atoms with Gasteiger partial charge >= 0.3 is 5.82 Å². The van der Waals surface area contributed by atoms with Gasteiger partial charge in [-0.2, -0.15) is 4.91 Å². The fraction of sp³-hybridized carbons (Fsp3) is 0.700. The molecule has 0 saturated heterocycles. The topological polar surface area (TPSA) is 90.4 Å². The maximum atomic E-state index is 12.8. The fourth-order valence-corrected chi connectivity index (χ4v) is 1.49.